The van der Waals surface area contributed by atoms with Gasteiger partial charge in [-0.3, -0.25) is 9.59 Å². The van der Waals surface area contributed by atoms with E-state index in [4.69, 9.17) is 16.7 Å². The van der Waals surface area contributed by atoms with E-state index in [9.17, 15) is 9.59 Å². The summed E-state index contributed by atoms with van der Waals surface area (Å²) in [6.45, 7) is 5.38. The standard InChI is InChI=1S/C15H20ClNO3/c1-10(11-6-4-5-7-12(11)16)17-13(18)8-15(2,3)9-14(19)20/h4-7,10H,8-9H2,1-3H3,(H,17,18)(H,19,20). The van der Waals surface area contributed by atoms with Crippen LogP contribution in [-0.4, -0.2) is 17.0 Å². The molecule has 1 amide bonds. The summed E-state index contributed by atoms with van der Waals surface area (Å²) in [5.41, 5.74) is 0.273. The molecule has 1 rings (SSSR count). The Hall–Kier alpha value is -1.55. The van der Waals surface area contributed by atoms with Crippen LogP contribution in [0, 0.1) is 5.41 Å². The van der Waals surface area contributed by atoms with Crippen LogP contribution in [0.15, 0.2) is 24.3 Å². The maximum absolute atomic E-state index is 12.0. The van der Waals surface area contributed by atoms with E-state index in [1.54, 1.807) is 19.9 Å². The summed E-state index contributed by atoms with van der Waals surface area (Å²) in [6.07, 6.45) is 0.120. The molecule has 20 heavy (non-hydrogen) atoms. The van der Waals surface area contributed by atoms with Crippen molar-refractivity contribution in [2.75, 3.05) is 0 Å². The van der Waals surface area contributed by atoms with Gasteiger partial charge in [-0.2, -0.15) is 0 Å². The van der Waals surface area contributed by atoms with E-state index in [0.717, 1.165) is 5.56 Å². The molecule has 0 aromatic heterocycles. The smallest absolute Gasteiger partial charge is 0.303 e. The molecule has 0 saturated heterocycles. The zero-order valence-corrected chi connectivity index (χ0v) is 12.7. The highest BCUT2D eigenvalue weighted by Gasteiger charge is 2.26. The van der Waals surface area contributed by atoms with Crippen molar-refractivity contribution in [3.05, 3.63) is 34.9 Å². The highest BCUT2D eigenvalue weighted by atomic mass is 35.5. The van der Waals surface area contributed by atoms with Crippen LogP contribution in [0.2, 0.25) is 5.02 Å². The first-order chi connectivity index (χ1) is 9.21. The minimum atomic E-state index is -0.901. The summed E-state index contributed by atoms with van der Waals surface area (Å²) < 4.78 is 0. The van der Waals surface area contributed by atoms with E-state index in [1.807, 2.05) is 25.1 Å². The van der Waals surface area contributed by atoms with Gasteiger partial charge in [-0.25, -0.2) is 0 Å². The Morgan fingerprint density at radius 1 is 1.30 bits per heavy atom. The number of nitrogens with one attached hydrogen (secondary N) is 1. The molecule has 0 saturated carbocycles. The van der Waals surface area contributed by atoms with Crippen molar-refractivity contribution in [3.8, 4) is 0 Å². The minimum absolute atomic E-state index is 0.0408. The number of amides is 1. The molecule has 0 aliphatic heterocycles. The van der Waals surface area contributed by atoms with Crippen molar-refractivity contribution < 1.29 is 14.7 Å². The molecule has 110 valence electrons. The van der Waals surface area contributed by atoms with E-state index in [1.165, 1.54) is 0 Å². The lowest BCUT2D eigenvalue weighted by atomic mass is 9.85. The van der Waals surface area contributed by atoms with E-state index < -0.39 is 11.4 Å². The fraction of sp³-hybridized carbons (Fsp3) is 0.467. The van der Waals surface area contributed by atoms with Crippen molar-refractivity contribution in [3.63, 3.8) is 0 Å². The third-order valence-electron chi connectivity index (χ3n) is 3.02. The summed E-state index contributed by atoms with van der Waals surface area (Å²) in [5, 5.41) is 12.3. The third kappa shape index (κ3) is 5.21. The van der Waals surface area contributed by atoms with Gasteiger partial charge in [0.1, 0.15) is 0 Å². The van der Waals surface area contributed by atoms with Crippen LogP contribution in [-0.2, 0) is 9.59 Å². The summed E-state index contributed by atoms with van der Waals surface area (Å²) in [5.74, 6) is -1.08. The molecule has 1 atom stereocenters. The molecular formula is C15H20ClNO3. The molecule has 0 aliphatic carbocycles. The normalized spacial score (nSPS) is 12.8. The summed E-state index contributed by atoms with van der Waals surface area (Å²) in [6, 6.07) is 7.11. The number of rotatable bonds is 6. The lowest BCUT2D eigenvalue weighted by Gasteiger charge is -2.23. The van der Waals surface area contributed by atoms with Crippen molar-refractivity contribution in [2.45, 2.75) is 39.7 Å². The topological polar surface area (TPSA) is 66.4 Å². The number of carboxylic acids is 1. The maximum Gasteiger partial charge on any atom is 0.303 e. The number of carbonyl (C=O) groups is 2. The molecule has 1 aromatic rings. The van der Waals surface area contributed by atoms with Gasteiger partial charge in [0, 0.05) is 11.4 Å². The first-order valence-corrected chi connectivity index (χ1v) is 6.85. The first-order valence-electron chi connectivity index (χ1n) is 6.47. The van der Waals surface area contributed by atoms with Gasteiger partial charge in [0.15, 0.2) is 0 Å². The first kappa shape index (κ1) is 16.5. The fourth-order valence-electron chi connectivity index (χ4n) is 2.10. The van der Waals surface area contributed by atoms with Gasteiger partial charge in [-0.05, 0) is 24.0 Å². The van der Waals surface area contributed by atoms with Crippen LogP contribution in [0.1, 0.15) is 45.2 Å². The van der Waals surface area contributed by atoms with Gasteiger partial charge < -0.3 is 10.4 Å². The Morgan fingerprint density at radius 2 is 1.90 bits per heavy atom. The molecule has 1 unspecified atom stereocenters. The number of carbonyl (C=O) groups excluding carboxylic acids is 1. The van der Waals surface area contributed by atoms with Crippen LogP contribution in [0.5, 0.6) is 0 Å². The average molecular weight is 298 g/mol. The van der Waals surface area contributed by atoms with E-state index in [-0.39, 0.29) is 24.8 Å². The lowest BCUT2D eigenvalue weighted by molar-refractivity contribution is -0.139. The zero-order chi connectivity index (χ0) is 15.3. The van der Waals surface area contributed by atoms with Crippen LogP contribution < -0.4 is 5.32 Å². The van der Waals surface area contributed by atoms with Gasteiger partial charge in [-0.1, -0.05) is 43.6 Å². The lowest BCUT2D eigenvalue weighted by Crippen LogP contribution is -2.32. The van der Waals surface area contributed by atoms with E-state index >= 15 is 0 Å². The van der Waals surface area contributed by atoms with Crippen molar-refractivity contribution >= 4 is 23.5 Å². The summed E-state index contributed by atoms with van der Waals surface area (Å²) in [4.78, 5) is 22.7. The van der Waals surface area contributed by atoms with Gasteiger partial charge >= 0.3 is 5.97 Å². The second-order valence-corrected chi connectivity index (χ2v) is 6.13. The zero-order valence-electron chi connectivity index (χ0n) is 11.9. The molecule has 0 heterocycles. The number of halogens is 1. The van der Waals surface area contributed by atoms with E-state index in [0.29, 0.717) is 5.02 Å². The van der Waals surface area contributed by atoms with Crippen LogP contribution in [0.25, 0.3) is 0 Å². The Morgan fingerprint density at radius 3 is 2.45 bits per heavy atom. The molecule has 0 fully saturated rings. The SMILES string of the molecule is CC(NC(=O)CC(C)(C)CC(=O)O)c1ccccc1Cl. The molecule has 4 nitrogen and oxygen atoms in total. The monoisotopic (exact) mass is 297 g/mol. The molecule has 0 spiro atoms. The summed E-state index contributed by atoms with van der Waals surface area (Å²) in [7, 11) is 0. The highest BCUT2D eigenvalue weighted by Crippen LogP contribution is 2.26. The van der Waals surface area contributed by atoms with Crippen molar-refractivity contribution in [1.82, 2.24) is 5.32 Å². The highest BCUT2D eigenvalue weighted by molar-refractivity contribution is 6.31. The quantitative estimate of drug-likeness (QED) is 0.845. The van der Waals surface area contributed by atoms with Gasteiger partial charge in [-0.15, -0.1) is 0 Å². The molecular weight excluding hydrogens is 278 g/mol. The van der Waals surface area contributed by atoms with Crippen LogP contribution in [0.3, 0.4) is 0 Å². The van der Waals surface area contributed by atoms with Crippen LogP contribution in [0.4, 0.5) is 0 Å². The molecule has 0 radical (unpaired) electrons. The number of hydrogen-bond donors (Lipinski definition) is 2. The molecule has 5 heteroatoms. The molecule has 2 N–H and O–H groups in total. The summed E-state index contributed by atoms with van der Waals surface area (Å²) >= 11 is 6.08. The number of hydrogen-bond acceptors (Lipinski definition) is 2. The predicted molar refractivity (Wildman–Crippen MR) is 78.7 cm³/mol. The Balaban J connectivity index is 2.63. The minimum Gasteiger partial charge on any atom is -0.481 e. The molecule has 1 aromatic carbocycles. The van der Waals surface area contributed by atoms with Crippen LogP contribution >= 0.6 is 11.6 Å². The molecule has 0 aliphatic rings. The second kappa shape index (κ2) is 6.75. The predicted octanol–water partition coefficient (Wildman–Crippen LogP) is 3.41. The van der Waals surface area contributed by atoms with Crippen molar-refractivity contribution in [1.29, 1.82) is 0 Å². The Kier molecular flexibility index (Phi) is 5.57. The Labute approximate surface area is 124 Å². The fourth-order valence-corrected chi connectivity index (χ4v) is 2.40. The van der Waals surface area contributed by atoms with Crippen molar-refractivity contribution in [2.24, 2.45) is 5.41 Å². The van der Waals surface area contributed by atoms with Gasteiger partial charge in [0.25, 0.3) is 0 Å². The Bertz CT molecular complexity index is 500. The number of carboxylic acid groups (broad SMARTS) is 1. The number of aliphatic carboxylic acids is 1. The largest absolute Gasteiger partial charge is 0.481 e. The van der Waals surface area contributed by atoms with E-state index in [2.05, 4.69) is 5.32 Å². The van der Waals surface area contributed by atoms with Gasteiger partial charge in [0.05, 0.1) is 12.5 Å². The second-order valence-electron chi connectivity index (χ2n) is 5.72. The number of benzene rings is 1. The maximum atomic E-state index is 12.0. The average Bonchev–Trinajstić information content (AvgIpc) is 2.25. The third-order valence-corrected chi connectivity index (χ3v) is 3.36. The molecule has 0 bridgehead atoms. The van der Waals surface area contributed by atoms with Gasteiger partial charge in [0.2, 0.25) is 5.91 Å².